The highest BCUT2D eigenvalue weighted by molar-refractivity contribution is 5.65. The highest BCUT2D eigenvalue weighted by Gasteiger charge is 2.03. The zero-order chi connectivity index (χ0) is 13.8. The summed E-state index contributed by atoms with van der Waals surface area (Å²) < 4.78 is 13.3. The van der Waals surface area contributed by atoms with E-state index in [0.29, 0.717) is 11.6 Å². The molecule has 0 atom stereocenters. The largest absolute Gasteiger partial charge is 0.310 e. The molecule has 0 heterocycles. The van der Waals surface area contributed by atoms with E-state index in [0.717, 1.165) is 17.7 Å². The van der Waals surface area contributed by atoms with Gasteiger partial charge in [-0.2, -0.15) is 0 Å². The second-order valence-electron chi connectivity index (χ2n) is 5.20. The van der Waals surface area contributed by atoms with Gasteiger partial charge in [-0.3, -0.25) is 0 Å². The molecule has 100 valence electrons. The predicted octanol–water partition coefficient (Wildman–Crippen LogP) is 4.30. The fraction of sp³-hybridized carbons (Fsp3) is 0.294. The molecule has 0 aromatic heterocycles. The highest BCUT2D eigenvalue weighted by Crippen LogP contribution is 2.22. The summed E-state index contributed by atoms with van der Waals surface area (Å²) >= 11 is 0. The van der Waals surface area contributed by atoms with Crippen LogP contribution in [0, 0.1) is 12.7 Å². The van der Waals surface area contributed by atoms with Crippen LogP contribution in [0.25, 0.3) is 11.1 Å². The Morgan fingerprint density at radius 3 is 2.47 bits per heavy atom. The van der Waals surface area contributed by atoms with Crippen LogP contribution in [0.15, 0.2) is 42.5 Å². The zero-order valence-electron chi connectivity index (χ0n) is 11.7. The van der Waals surface area contributed by atoms with E-state index in [1.54, 1.807) is 6.92 Å². The van der Waals surface area contributed by atoms with E-state index < -0.39 is 0 Å². The molecule has 1 nitrogen and oxygen atoms in total. The zero-order valence-corrected chi connectivity index (χ0v) is 11.7. The molecule has 2 aromatic carbocycles. The Morgan fingerprint density at radius 2 is 1.79 bits per heavy atom. The van der Waals surface area contributed by atoms with Crippen molar-refractivity contribution in [1.82, 2.24) is 5.32 Å². The summed E-state index contributed by atoms with van der Waals surface area (Å²) in [4.78, 5) is 0. The molecule has 0 amide bonds. The quantitative estimate of drug-likeness (QED) is 0.861. The molecule has 0 unspecified atom stereocenters. The van der Waals surface area contributed by atoms with Gasteiger partial charge in [-0.25, -0.2) is 4.39 Å². The second-order valence-corrected chi connectivity index (χ2v) is 5.20. The predicted molar refractivity (Wildman–Crippen MR) is 78.5 cm³/mol. The van der Waals surface area contributed by atoms with E-state index in [1.165, 1.54) is 11.6 Å². The Hall–Kier alpha value is -1.67. The Bertz CT molecular complexity index is 561. The standard InChI is InChI=1S/C17H20FN/c1-12(2)19-11-14-5-4-6-15(10-14)16-7-8-17(18)13(3)9-16/h4-10,12,19H,11H2,1-3H3. The van der Waals surface area contributed by atoms with Crippen LogP contribution in [0.2, 0.25) is 0 Å². The normalized spacial score (nSPS) is 11.0. The van der Waals surface area contributed by atoms with Crippen LogP contribution in [-0.2, 0) is 6.54 Å². The number of nitrogens with one attached hydrogen (secondary N) is 1. The average molecular weight is 257 g/mol. The van der Waals surface area contributed by atoms with Crippen molar-refractivity contribution in [2.75, 3.05) is 0 Å². The molecule has 1 N–H and O–H groups in total. The molecule has 0 saturated heterocycles. The molecule has 0 saturated carbocycles. The Kier molecular flexibility index (Phi) is 4.33. The molecule has 0 fully saturated rings. The number of rotatable bonds is 4. The van der Waals surface area contributed by atoms with Gasteiger partial charge in [0.05, 0.1) is 0 Å². The Morgan fingerprint density at radius 1 is 1.05 bits per heavy atom. The number of benzene rings is 2. The summed E-state index contributed by atoms with van der Waals surface area (Å²) in [6.07, 6.45) is 0. The van der Waals surface area contributed by atoms with Gasteiger partial charge in [-0.15, -0.1) is 0 Å². The van der Waals surface area contributed by atoms with Crippen molar-refractivity contribution in [1.29, 1.82) is 0 Å². The maximum atomic E-state index is 13.3. The third-order valence-electron chi connectivity index (χ3n) is 3.13. The molecular weight excluding hydrogens is 237 g/mol. The van der Waals surface area contributed by atoms with Crippen LogP contribution in [0.5, 0.6) is 0 Å². The highest BCUT2D eigenvalue weighted by atomic mass is 19.1. The van der Waals surface area contributed by atoms with Crippen molar-refractivity contribution in [3.05, 3.63) is 59.4 Å². The second kappa shape index (κ2) is 5.98. The molecule has 2 heteroatoms. The number of hydrogen-bond acceptors (Lipinski definition) is 1. The number of aryl methyl sites for hydroxylation is 1. The third-order valence-corrected chi connectivity index (χ3v) is 3.13. The summed E-state index contributed by atoms with van der Waals surface area (Å²) in [6.45, 7) is 6.91. The molecule has 0 radical (unpaired) electrons. The van der Waals surface area contributed by atoms with Crippen molar-refractivity contribution < 1.29 is 4.39 Å². The van der Waals surface area contributed by atoms with Crippen LogP contribution < -0.4 is 5.32 Å². The molecule has 19 heavy (non-hydrogen) atoms. The molecule has 0 aliphatic carbocycles. The van der Waals surface area contributed by atoms with Gasteiger partial charge in [0.2, 0.25) is 0 Å². The Labute approximate surface area is 114 Å². The topological polar surface area (TPSA) is 12.0 Å². The maximum Gasteiger partial charge on any atom is 0.126 e. The summed E-state index contributed by atoms with van der Waals surface area (Å²) in [5, 5.41) is 3.40. The molecule has 2 aromatic rings. The van der Waals surface area contributed by atoms with Gasteiger partial charge in [-0.1, -0.05) is 38.1 Å². The minimum Gasteiger partial charge on any atom is -0.310 e. The molecule has 0 aliphatic heterocycles. The lowest BCUT2D eigenvalue weighted by Crippen LogP contribution is -2.21. The lowest BCUT2D eigenvalue weighted by atomic mass is 10.0. The van der Waals surface area contributed by atoms with Crippen molar-refractivity contribution >= 4 is 0 Å². The third kappa shape index (κ3) is 3.65. The van der Waals surface area contributed by atoms with Gasteiger partial charge in [-0.05, 0) is 47.4 Å². The molecule has 2 rings (SSSR count). The summed E-state index contributed by atoms with van der Waals surface area (Å²) in [5.41, 5.74) is 4.12. The smallest absolute Gasteiger partial charge is 0.126 e. The summed E-state index contributed by atoms with van der Waals surface area (Å²) in [5.74, 6) is -0.152. The van der Waals surface area contributed by atoms with Crippen molar-refractivity contribution in [3.8, 4) is 11.1 Å². The van der Waals surface area contributed by atoms with E-state index >= 15 is 0 Å². The van der Waals surface area contributed by atoms with E-state index in [9.17, 15) is 4.39 Å². The van der Waals surface area contributed by atoms with Crippen LogP contribution >= 0.6 is 0 Å². The monoisotopic (exact) mass is 257 g/mol. The van der Waals surface area contributed by atoms with Crippen LogP contribution in [-0.4, -0.2) is 6.04 Å². The van der Waals surface area contributed by atoms with Crippen LogP contribution in [0.3, 0.4) is 0 Å². The van der Waals surface area contributed by atoms with E-state index in [2.05, 4.69) is 37.4 Å². The van der Waals surface area contributed by atoms with E-state index in [1.807, 2.05) is 18.2 Å². The van der Waals surface area contributed by atoms with E-state index in [-0.39, 0.29) is 5.82 Å². The van der Waals surface area contributed by atoms with Gasteiger partial charge in [0, 0.05) is 12.6 Å². The van der Waals surface area contributed by atoms with Gasteiger partial charge < -0.3 is 5.32 Å². The summed E-state index contributed by atoms with van der Waals surface area (Å²) in [6, 6.07) is 14.1. The van der Waals surface area contributed by atoms with Crippen molar-refractivity contribution in [2.24, 2.45) is 0 Å². The van der Waals surface area contributed by atoms with Gasteiger partial charge in [0.25, 0.3) is 0 Å². The first kappa shape index (κ1) is 13.8. The minimum atomic E-state index is -0.152. The lowest BCUT2D eigenvalue weighted by molar-refractivity contribution is 0.589. The van der Waals surface area contributed by atoms with Gasteiger partial charge in [0.1, 0.15) is 5.82 Å². The van der Waals surface area contributed by atoms with Crippen LogP contribution in [0.1, 0.15) is 25.0 Å². The Balaban J connectivity index is 2.24. The van der Waals surface area contributed by atoms with Crippen molar-refractivity contribution in [3.63, 3.8) is 0 Å². The molecule has 0 bridgehead atoms. The fourth-order valence-corrected chi connectivity index (χ4v) is 2.01. The maximum absolute atomic E-state index is 13.3. The molecule has 0 spiro atoms. The minimum absolute atomic E-state index is 0.152. The lowest BCUT2D eigenvalue weighted by Gasteiger charge is -2.10. The van der Waals surface area contributed by atoms with Gasteiger partial charge >= 0.3 is 0 Å². The average Bonchev–Trinajstić information content (AvgIpc) is 2.40. The first-order valence-electron chi connectivity index (χ1n) is 6.65. The molecule has 0 aliphatic rings. The number of hydrogen-bond donors (Lipinski definition) is 1. The van der Waals surface area contributed by atoms with E-state index in [4.69, 9.17) is 0 Å². The fourth-order valence-electron chi connectivity index (χ4n) is 2.01. The van der Waals surface area contributed by atoms with Gasteiger partial charge in [0.15, 0.2) is 0 Å². The first-order valence-corrected chi connectivity index (χ1v) is 6.65. The SMILES string of the molecule is Cc1cc(-c2cccc(CNC(C)C)c2)ccc1F. The summed E-state index contributed by atoms with van der Waals surface area (Å²) in [7, 11) is 0. The van der Waals surface area contributed by atoms with Crippen LogP contribution in [0.4, 0.5) is 4.39 Å². The molecular formula is C17H20FN. The number of halogens is 1. The first-order chi connectivity index (χ1) is 9.06. The van der Waals surface area contributed by atoms with Crippen molar-refractivity contribution in [2.45, 2.75) is 33.4 Å².